The highest BCUT2D eigenvalue weighted by molar-refractivity contribution is 5.93. The zero-order chi connectivity index (χ0) is 15.9. The van der Waals surface area contributed by atoms with Gasteiger partial charge in [0.2, 0.25) is 0 Å². The normalized spacial score (nSPS) is 10.3. The van der Waals surface area contributed by atoms with E-state index in [2.05, 4.69) is 10.9 Å². The van der Waals surface area contributed by atoms with E-state index in [0.29, 0.717) is 12.3 Å². The van der Waals surface area contributed by atoms with Gasteiger partial charge in [-0.2, -0.15) is 0 Å². The predicted octanol–water partition coefficient (Wildman–Crippen LogP) is 1.39. The lowest BCUT2D eigenvalue weighted by molar-refractivity contribution is 0.0949. The fourth-order valence-electron chi connectivity index (χ4n) is 1.86. The van der Waals surface area contributed by atoms with Gasteiger partial charge in [0, 0.05) is 19.7 Å². The van der Waals surface area contributed by atoms with Crippen LogP contribution in [-0.2, 0) is 11.3 Å². The maximum absolute atomic E-state index is 12.8. The number of nitrogens with zero attached hydrogens (tertiary/aromatic N) is 1. The van der Waals surface area contributed by atoms with Crippen LogP contribution in [-0.4, -0.2) is 24.2 Å². The monoisotopic (exact) mass is 305 g/mol. The van der Waals surface area contributed by atoms with Crippen LogP contribution in [0.5, 0.6) is 0 Å². The third-order valence-electron chi connectivity index (χ3n) is 2.97. The van der Waals surface area contributed by atoms with Gasteiger partial charge in [-0.05, 0) is 30.3 Å². The van der Waals surface area contributed by atoms with Gasteiger partial charge in [-0.25, -0.2) is 4.39 Å². The first kappa shape index (κ1) is 15.7. The molecule has 1 amide bonds. The minimum Gasteiger partial charge on any atom is -0.383 e. The van der Waals surface area contributed by atoms with E-state index in [1.54, 1.807) is 6.07 Å². The highest BCUT2D eigenvalue weighted by atomic mass is 19.1. The molecular formula is C15H16FN3O3. The summed E-state index contributed by atoms with van der Waals surface area (Å²) in [4.78, 5) is 24.0. The topological polar surface area (TPSA) is 72.4 Å². The number of anilines is 1. The Morgan fingerprint density at radius 1 is 1.23 bits per heavy atom. The molecule has 0 saturated heterocycles. The summed E-state index contributed by atoms with van der Waals surface area (Å²) < 4.78 is 19.1. The molecule has 0 saturated carbocycles. The van der Waals surface area contributed by atoms with Crippen molar-refractivity contribution >= 4 is 11.6 Å². The summed E-state index contributed by atoms with van der Waals surface area (Å²) in [6, 6.07) is 9.94. The Kier molecular flexibility index (Phi) is 5.26. The molecule has 0 aliphatic rings. The molecule has 0 aliphatic carbocycles. The maximum Gasteiger partial charge on any atom is 0.286 e. The smallest absolute Gasteiger partial charge is 0.286 e. The number of aromatic nitrogens is 1. The van der Waals surface area contributed by atoms with E-state index in [1.807, 2.05) is 0 Å². The van der Waals surface area contributed by atoms with E-state index in [1.165, 1.54) is 48.1 Å². The van der Waals surface area contributed by atoms with E-state index in [9.17, 15) is 14.0 Å². The largest absolute Gasteiger partial charge is 0.383 e. The number of pyridine rings is 1. The van der Waals surface area contributed by atoms with Gasteiger partial charge in [-0.3, -0.25) is 20.4 Å². The Morgan fingerprint density at radius 3 is 2.64 bits per heavy atom. The lowest BCUT2D eigenvalue weighted by atomic mass is 10.3. The highest BCUT2D eigenvalue weighted by Crippen LogP contribution is 2.07. The molecule has 116 valence electrons. The summed E-state index contributed by atoms with van der Waals surface area (Å²) >= 11 is 0. The summed E-state index contributed by atoms with van der Waals surface area (Å²) in [7, 11) is 1.52. The van der Waals surface area contributed by atoms with Crippen molar-refractivity contribution in [2.24, 2.45) is 0 Å². The second kappa shape index (κ2) is 7.37. The van der Waals surface area contributed by atoms with Crippen molar-refractivity contribution in [3.05, 3.63) is 64.3 Å². The van der Waals surface area contributed by atoms with Crippen LogP contribution in [0.4, 0.5) is 10.1 Å². The molecule has 0 atom stereocenters. The van der Waals surface area contributed by atoms with Crippen LogP contribution in [0.1, 0.15) is 10.5 Å². The van der Waals surface area contributed by atoms with Gasteiger partial charge in [-0.1, -0.05) is 6.07 Å². The molecule has 0 radical (unpaired) electrons. The molecule has 2 rings (SSSR count). The van der Waals surface area contributed by atoms with Crippen molar-refractivity contribution in [1.29, 1.82) is 0 Å². The molecule has 22 heavy (non-hydrogen) atoms. The van der Waals surface area contributed by atoms with Crippen LogP contribution in [0.3, 0.4) is 0 Å². The zero-order valence-electron chi connectivity index (χ0n) is 12.0. The van der Waals surface area contributed by atoms with Gasteiger partial charge in [0.25, 0.3) is 11.5 Å². The van der Waals surface area contributed by atoms with Gasteiger partial charge in [0.15, 0.2) is 0 Å². The molecule has 0 bridgehead atoms. The van der Waals surface area contributed by atoms with Crippen LogP contribution in [0.25, 0.3) is 0 Å². The number of methoxy groups -OCH3 is 1. The molecule has 0 aliphatic heterocycles. The van der Waals surface area contributed by atoms with Crippen molar-refractivity contribution in [2.45, 2.75) is 6.54 Å². The van der Waals surface area contributed by atoms with Crippen molar-refractivity contribution < 1.29 is 13.9 Å². The molecule has 0 fully saturated rings. The minimum atomic E-state index is -0.474. The number of rotatable bonds is 6. The molecule has 1 heterocycles. The van der Waals surface area contributed by atoms with E-state index in [4.69, 9.17) is 4.74 Å². The Bertz CT molecular complexity index is 698. The number of benzene rings is 1. The number of halogens is 1. The summed E-state index contributed by atoms with van der Waals surface area (Å²) in [6.45, 7) is 0.588. The number of carbonyl (C=O) groups excluding carboxylic acids is 1. The minimum absolute atomic E-state index is 0.208. The van der Waals surface area contributed by atoms with Gasteiger partial charge >= 0.3 is 0 Å². The van der Waals surface area contributed by atoms with Crippen LogP contribution >= 0.6 is 0 Å². The lowest BCUT2D eigenvalue weighted by Gasteiger charge is -2.13. The van der Waals surface area contributed by atoms with Gasteiger partial charge in [-0.15, -0.1) is 0 Å². The van der Waals surface area contributed by atoms with Crippen LogP contribution in [0, 0.1) is 5.82 Å². The summed E-state index contributed by atoms with van der Waals surface area (Å²) in [5, 5.41) is 0. The van der Waals surface area contributed by atoms with Crippen LogP contribution < -0.4 is 16.4 Å². The molecule has 1 aromatic carbocycles. The molecule has 7 heteroatoms. The maximum atomic E-state index is 12.8. The molecule has 1 aromatic heterocycles. The highest BCUT2D eigenvalue weighted by Gasteiger charge is 2.11. The number of hydrogen-bond donors (Lipinski definition) is 2. The van der Waals surface area contributed by atoms with Crippen molar-refractivity contribution in [2.75, 3.05) is 19.1 Å². The molecule has 0 unspecified atom stereocenters. The summed E-state index contributed by atoms with van der Waals surface area (Å²) in [6.07, 6.45) is 0. The third-order valence-corrected chi connectivity index (χ3v) is 2.97. The van der Waals surface area contributed by atoms with Crippen molar-refractivity contribution in [3.8, 4) is 0 Å². The van der Waals surface area contributed by atoms with Gasteiger partial charge in [0.1, 0.15) is 11.5 Å². The number of hydrazine groups is 1. The summed E-state index contributed by atoms with van der Waals surface area (Å²) in [5.74, 6) is -0.841. The van der Waals surface area contributed by atoms with E-state index in [0.717, 1.165) is 0 Å². The van der Waals surface area contributed by atoms with Crippen molar-refractivity contribution in [1.82, 2.24) is 9.99 Å². The van der Waals surface area contributed by atoms with Crippen molar-refractivity contribution in [3.63, 3.8) is 0 Å². The predicted molar refractivity (Wildman–Crippen MR) is 80.1 cm³/mol. The zero-order valence-corrected chi connectivity index (χ0v) is 12.0. The molecular weight excluding hydrogens is 289 g/mol. The van der Waals surface area contributed by atoms with Crippen LogP contribution in [0.15, 0.2) is 47.3 Å². The van der Waals surface area contributed by atoms with Gasteiger partial charge < -0.3 is 9.30 Å². The molecule has 2 N–H and O–H groups in total. The third kappa shape index (κ3) is 3.92. The number of nitrogens with one attached hydrogen (secondary N) is 2. The quantitative estimate of drug-likeness (QED) is 0.791. The Morgan fingerprint density at radius 2 is 1.95 bits per heavy atom. The first-order valence-corrected chi connectivity index (χ1v) is 6.62. The molecule has 2 aromatic rings. The van der Waals surface area contributed by atoms with E-state index < -0.39 is 5.91 Å². The fraction of sp³-hybridized carbons (Fsp3) is 0.200. The number of ether oxygens (including phenoxy) is 1. The lowest BCUT2D eigenvalue weighted by Crippen LogP contribution is -2.35. The number of amides is 1. The Balaban J connectivity index is 2.10. The second-order valence-electron chi connectivity index (χ2n) is 4.48. The first-order chi connectivity index (χ1) is 10.6. The van der Waals surface area contributed by atoms with Crippen LogP contribution in [0.2, 0.25) is 0 Å². The fourth-order valence-corrected chi connectivity index (χ4v) is 1.86. The standard InChI is InChI=1S/C15H16FN3O3/c1-22-10-9-19-13(3-2-4-14(19)20)15(21)18-17-12-7-5-11(16)6-8-12/h2-8,17H,9-10H2,1H3,(H,18,21). The Hall–Kier alpha value is -2.67. The number of hydrogen-bond acceptors (Lipinski definition) is 4. The SMILES string of the molecule is COCCn1c(C(=O)NNc2ccc(F)cc2)cccc1=O. The van der Waals surface area contributed by atoms with E-state index in [-0.39, 0.29) is 23.6 Å². The molecule has 6 nitrogen and oxygen atoms in total. The second-order valence-corrected chi connectivity index (χ2v) is 4.48. The average molecular weight is 305 g/mol. The number of carbonyl (C=O) groups is 1. The Labute approximate surface area is 126 Å². The summed E-state index contributed by atoms with van der Waals surface area (Å²) in [5.41, 5.74) is 5.57. The molecule has 0 spiro atoms. The van der Waals surface area contributed by atoms with Gasteiger partial charge in [0.05, 0.1) is 12.3 Å². The average Bonchev–Trinajstić information content (AvgIpc) is 2.52. The first-order valence-electron chi connectivity index (χ1n) is 6.62. The van der Waals surface area contributed by atoms with E-state index >= 15 is 0 Å².